The first-order valence-corrected chi connectivity index (χ1v) is 6.59. The van der Waals surface area contributed by atoms with E-state index in [1.807, 2.05) is 42.5 Å². The lowest BCUT2D eigenvalue weighted by atomic mass is 10.2. The van der Waals surface area contributed by atoms with Crippen LogP contribution in [0.25, 0.3) is 0 Å². The first-order chi connectivity index (χ1) is 10.2. The van der Waals surface area contributed by atoms with Crippen molar-refractivity contribution in [3.05, 3.63) is 66.0 Å². The fourth-order valence-corrected chi connectivity index (χ4v) is 1.69. The second-order valence-electron chi connectivity index (χ2n) is 4.43. The van der Waals surface area contributed by atoms with Gasteiger partial charge in [0, 0.05) is 25.5 Å². The first-order valence-electron chi connectivity index (χ1n) is 6.59. The zero-order valence-electron chi connectivity index (χ0n) is 11.6. The molecule has 1 aromatic carbocycles. The van der Waals surface area contributed by atoms with Crippen LogP contribution in [0.2, 0.25) is 0 Å². The quantitative estimate of drug-likeness (QED) is 0.433. The van der Waals surface area contributed by atoms with Gasteiger partial charge in [0.15, 0.2) is 11.9 Å². The summed E-state index contributed by atoms with van der Waals surface area (Å²) in [4.78, 5) is 4.00. The van der Waals surface area contributed by atoms with Gasteiger partial charge in [0.2, 0.25) is 0 Å². The minimum Gasteiger partial charge on any atom is -0.352 e. The molecule has 21 heavy (non-hydrogen) atoms. The Balaban J connectivity index is 1.69. The largest absolute Gasteiger partial charge is 0.352 e. The molecule has 0 aliphatic rings. The molecule has 108 valence electrons. The maximum absolute atomic E-state index is 7.74. The van der Waals surface area contributed by atoms with E-state index in [1.54, 1.807) is 12.4 Å². The molecule has 0 fully saturated rings. The normalized spacial score (nSPS) is 9.71. The molecule has 0 amide bonds. The van der Waals surface area contributed by atoms with Crippen LogP contribution in [0.3, 0.4) is 0 Å². The van der Waals surface area contributed by atoms with Gasteiger partial charge in [-0.1, -0.05) is 36.4 Å². The fraction of sp³-hybridized carbons (Fsp3) is 0.133. The fourth-order valence-electron chi connectivity index (χ4n) is 1.69. The number of guanidine groups is 2. The molecule has 1 aromatic heterocycles. The van der Waals surface area contributed by atoms with Crippen molar-refractivity contribution in [3.8, 4) is 0 Å². The Morgan fingerprint density at radius 2 is 1.48 bits per heavy atom. The Labute approximate surface area is 123 Å². The predicted octanol–water partition coefficient (Wildman–Crippen LogP) is 1.42. The molecule has 1 heterocycles. The van der Waals surface area contributed by atoms with Crippen molar-refractivity contribution >= 4 is 11.9 Å². The van der Waals surface area contributed by atoms with Gasteiger partial charge < -0.3 is 10.6 Å². The summed E-state index contributed by atoms with van der Waals surface area (Å²) in [7, 11) is 0. The molecule has 0 saturated heterocycles. The van der Waals surface area contributed by atoms with Crippen LogP contribution in [0, 0.1) is 10.8 Å². The molecule has 0 unspecified atom stereocenters. The van der Waals surface area contributed by atoms with Crippen LogP contribution in [-0.2, 0) is 13.1 Å². The molecule has 0 radical (unpaired) electrons. The van der Waals surface area contributed by atoms with Gasteiger partial charge in [-0.15, -0.1) is 0 Å². The van der Waals surface area contributed by atoms with E-state index >= 15 is 0 Å². The summed E-state index contributed by atoms with van der Waals surface area (Å²) in [6, 6.07) is 13.6. The van der Waals surface area contributed by atoms with Gasteiger partial charge in [-0.25, -0.2) is 0 Å². The third-order valence-corrected chi connectivity index (χ3v) is 2.75. The molecule has 0 spiro atoms. The molecule has 0 bridgehead atoms. The summed E-state index contributed by atoms with van der Waals surface area (Å²) < 4.78 is 0. The van der Waals surface area contributed by atoms with E-state index in [1.165, 1.54) is 0 Å². The van der Waals surface area contributed by atoms with Crippen molar-refractivity contribution in [2.75, 3.05) is 0 Å². The van der Waals surface area contributed by atoms with Crippen molar-refractivity contribution in [3.63, 3.8) is 0 Å². The number of rotatable bonds is 4. The third kappa shape index (κ3) is 5.32. The lowest BCUT2D eigenvalue weighted by Crippen LogP contribution is -2.45. The highest BCUT2D eigenvalue weighted by atomic mass is 15.2. The minimum absolute atomic E-state index is 0.0735. The average Bonchev–Trinajstić information content (AvgIpc) is 2.53. The van der Waals surface area contributed by atoms with Crippen molar-refractivity contribution in [2.24, 2.45) is 0 Å². The first kappa shape index (κ1) is 14.5. The lowest BCUT2D eigenvalue weighted by molar-refractivity contribution is 0.839. The molecule has 0 atom stereocenters. The second-order valence-corrected chi connectivity index (χ2v) is 4.43. The summed E-state index contributed by atoms with van der Waals surface area (Å²) >= 11 is 0. The zero-order valence-corrected chi connectivity index (χ0v) is 11.6. The Kier molecular flexibility index (Phi) is 5.28. The van der Waals surface area contributed by atoms with E-state index in [9.17, 15) is 0 Å². The van der Waals surface area contributed by atoms with Crippen LogP contribution in [0.15, 0.2) is 54.9 Å². The molecule has 2 aromatic rings. The van der Waals surface area contributed by atoms with Crippen molar-refractivity contribution in [2.45, 2.75) is 13.1 Å². The highest BCUT2D eigenvalue weighted by Crippen LogP contribution is 1.96. The number of hydrogen-bond donors (Lipinski definition) is 5. The van der Waals surface area contributed by atoms with Crippen LogP contribution < -0.4 is 16.0 Å². The molecular weight excluding hydrogens is 264 g/mol. The van der Waals surface area contributed by atoms with Gasteiger partial charge in [0.1, 0.15) is 0 Å². The smallest absolute Gasteiger partial charge is 0.195 e. The van der Waals surface area contributed by atoms with Crippen LogP contribution in [-0.4, -0.2) is 16.9 Å². The van der Waals surface area contributed by atoms with Crippen molar-refractivity contribution in [1.29, 1.82) is 10.8 Å². The SMILES string of the molecule is N=C(NCc1ccccc1)NC(=N)NCc1cccnc1. The Bertz CT molecular complexity index is 528. The molecule has 5 N–H and O–H groups in total. The minimum atomic E-state index is 0.0735. The Morgan fingerprint density at radius 1 is 0.857 bits per heavy atom. The van der Waals surface area contributed by atoms with Crippen LogP contribution in [0.5, 0.6) is 0 Å². The summed E-state index contributed by atoms with van der Waals surface area (Å²) in [5.41, 5.74) is 2.06. The standard InChI is InChI=1S/C15H18N6/c16-14(19-10-12-5-2-1-3-6-12)21-15(17)20-11-13-7-4-8-18-9-13/h1-9H,10-11H2,(H5,16,17,19,20,21). The maximum atomic E-state index is 7.74. The number of benzene rings is 1. The van der Waals surface area contributed by atoms with Gasteiger partial charge in [-0.05, 0) is 17.2 Å². The molecule has 6 heteroatoms. The van der Waals surface area contributed by atoms with Crippen LogP contribution in [0.4, 0.5) is 0 Å². The van der Waals surface area contributed by atoms with Crippen molar-refractivity contribution < 1.29 is 0 Å². The topological polar surface area (TPSA) is 96.7 Å². The molecule has 0 aliphatic heterocycles. The Hall–Kier alpha value is -2.89. The number of hydrogen-bond acceptors (Lipinski definition) is 3. The predicted molar refractivity (Wildman–Crippen MR) is 82.9 cm³/mol. The van der Waals surface area contributed by atoms with Crippen LogP contribution >= 0.6 is 0 Å². The van der Waals surface area contributed by atoms with E-state index in [0.29, 0.717) is 13.1 Å². The van der Waals surface area contributed by atoms with Gasteiger partial charge in [0.05, 0.1) is 0 Å². The van der Waals surface area contributed by atoms with Gasteiger partial charge in [-0.3, -0.25) is 21.1 Å². The van der Waals surface area contributed by atoms with E-state index in [2.05, 4.69) is 20.9 Å². The van der Waals surface area contributed by atoms with E-state index < -0.39 is 0 Å². The van der Waals surface area contributed by atoms with Crippen LogP contribution in [0.1, 0.15) is 11.1 Å². The summed E-state index contributed by atoms with van der Waals surface area (Å²) in [6.07, 6.45) is 3.44. The third-order valence-electron chi connectivity index (χ3n) is 2.75. The van der Waals surface area contributed by atoms with E-state index in [4.69, 9.17) is 10.8 Å². The van der Waals surface area contributed by atoms with Gasteiger partial charge >= 0.3 is 0 Å². The molecular formula is C15H18N6. The molecule has 0 aliphatic carbocycles. The molecule has 0 saturated carbocycles. The van der Waals surface area contributed by atoms with Gasteiger partial charge in [0.25, 0.3) is 0 Å². The zero-order chi connectivity index (χ0) is 14.9. The van der Waals surface area contributed by atoms with E-state index in [-0.39, 0.29) is 11.9 Å². The highest BCUT2D eigenvalue weighted by Gasteiger charge is 2.00. The lowest BCUT2D eigenvalue weighted by Gasteiger charge is -2.12. The second kappa shape index (κ2) is 7.64. The number of pyridine rings is 1. The number of nitrogens with zero attached hydrogens (tertiary/aromatic N) is 1. The Morgan fingerprint density at radius 3 is 2.10 bits per heavy atom. The average molecular weight is 282 g/mol. The van der Waals surface area contributed by atoms with Gasteiger partial charge in [-0.2, -0.15) is 0 Å². The monoisotopic (exact) mass is 282 g/mol. The maximum Gasteiger partial charge on any atom is 0.195 e. The van der Waals surface area contributed by atoms with Crippen molar-refractivity contribution in [1.82, 2.24) is 20.9 Å². The summed E-state index contributed by atoms with van der Waals surface area (Å²) in [6.45, 7) is 1.04. The van der Waals surface area contributed by atoms with E-state index in [0.717, 1.165) is 11.1 Å². The molecule has 6 nitrogen and oxygen atoms in total. The molecule has 2 rings (SSSR count). The number of nitrogens with one attached hydrogen (secondary N) is 5. The summed E-state index contributed by atoms with van der Waals surface area (Å²) in [5.74, 6) is 0.159. The highest BCUT2D eigenvalue weighted by molar-refractivity contribution is 5.95. The number of aromatic nitrogens is 1. The summed E-state index contributed by atoms with van der Waals surface area (Å²) in [5, 5.41) is 23.9.